The second-order valence-corrected chi connectivity index (χ2v) is 17.2. The third-order valence-electron chi connectivity index (χ3n) is 10.8. The van der Waals surface area contributed by atoms with Crippen molar-refractivity contribution in [1.82, 2.24) is 4.90 Å². The van der Waals surface area contributed by atoms with Crippen LogP contribution in [0, 0.1) is 20.8 Å². The van der Waals surface area contributed by atoms with Gasteiger partial charge >= 0.3 is 36.8 Å². The molecule has 0 saturated carbocycles. The first-order valence-corrected chi connectivity index (χ1v) is 25.9. The van der Waals surface area contributed by atoms with Crippen LogP contribution in [0.2, 0.25) is 0 Å². The number of esters is 6. The van der Waals surface area contributed by atoms with Gasteiger partial charge in [-0.15, -0.1) is 0 Å². The first-order chi connectivity index (χ1) is 32.3. The van der Waals surface area contributed by atoms with E-state index in [4.69, 9.17) is 28.4 Å². The molecule has 0 spiro atoms. The molecule has 0 fully saturated rings. The van der Waals surface area contributed by atoms with Gasteiger partial charge in [0.25, 0.3) is 0 Å². The largest absolute Gasteiger partial charge is 1.00 e. The van der Waals surface area contributed by atoms with Crippen molar-refractivity contribution in [3.63, 3.8) is 0 Å². The standard InChI is InChI=1S/C34H56NO8.2C10H19O2.Li/c1-5-8-10-12-14-16-22-40-32(37)25-35(26-33(38)41-23-17-15-13-11-9-6-2)27-34(39)43-30-19-18-29(7-3)24-31(21-20-30)42-28(4)36;2*1-3-4-5-6-7-8-9-12-10(2)11;/h20-21,24,30-31H,4-19,22-23,25-27H2,1-3H3;2*2-9H2,1H3;/q3*-1;+1/b21-20-,29-24?;;;/t30-,31-;;;/m1.../s1. The zero-order chi connectivity index (χ0) is 50.2. The fraction of sp³-hybridized carbons (Fsp3) is 0.759. The fourth-order valence-corrected chi connectivity index (χ4v) is 6.93. The van der Waals surface area contributed by atoms with Crippen LogP contribution in [0.5, 0.6) is 0 Å². The Morgan fingerprint density at radius 3 is 1.18 bits per heavy atom. The third kappa shape index (κ3) is 50.3. The third-order valence-corrected chi connectivity index (χ3v) is 10.8. The van der Waals surface area contributed by atoms with Crippen LogP contribution in [0.15, 0.2) is 23.8 Å². The number of carbonyl (C=O) groups excluding carboxylic acids is 6. The number of allylic oxidation sites excluding steroid dienone is 1. The smallest absolute Gasteiger partial charge is 0.488 e. The Kier molecular flexibility index (Phi) is 51.9. The SMILES string of the molecule is [CH2-]C(=O)OCCCCCCCC.[CH2-]C(=O)OCCCCCCCC.[CH2-]C(=O)O[C@H]1C=C(CC)CC[C@@H](OC(=O)CN(CC(=O)OCCCCCCCC)CC(=O)OCCCCCCCC)/C=C\1.[Li+]. The predicted molar refractivity (Wildman–Crippen MR) is 266 cm³/mol. The summed E-state index contributed by atoms with van der Waals surface area (Å²) in [6.45, 7) is 21.2. The van der Waals surface area contributed by atoms with Crippen LogP contribution in [0.4, 0.5) is 0 Å². The van der Waals surface area contributed by atoms with Crippen molar-refractivity contribution in [2.75, 3.05) is 46.1 Å². The Hall–Kier alpha value is -3.53. The van der Waals surface area contributed by atoms with Gasteiger partial charge in [-0.05, 0) is 63.2 Å². The molecule has 13 nitrogen and oxygen atoms in total. The summed E-state index contributed by atoms with van der Waals surface area (Å²) >= 11 is 0. The van der Waals surface area contributed by atoms with Gasteiger partial charge in [0.05, 0.1) is 46.1 Å². The van der Waals surface area contributed by atoms with Gasteiger partial charge in [-0.3, -0.25) is 54.4 Å². The molecule has 0 unspecified atom stereocenters. The molecule has 0 N–H and O–H groups in total. The summed E-state index contributed by atoms with van der Waals surface area (Å²) in [5.41, 5.74) is 1.08. The van der Waals surface area contributed by atoms with Crippen molar-refractivity contribution in [2.45, 2.75) is 220 Å². The summed E-state index contributed by atoms with van der Waals surface area (Å²) in [6.07, 6.45) is 33.6. The molecule has 390 valence electrons. The zero-order valence-electron chi connectivity index (χ0n) is 43.9. The van der Waals surface area contributed by atoms with Crippen LogP contribution in [0.3, 0.4) is 0 Å². The minimum absolute atomic E-state index is 0. The molecule has 1 aliphatic rings. The van der Waals surface area contributed by atoms with Gasteiger partial charge in [-0.25, -0.2) is 0 Å². The van der Waals surface area contributed by atoms with Crippen LogP contribution < -0.4 is 18.9 Å². The molecule has 68 heavy (non-hydrogen) atoms. The van der Waals surface area contributed by atoms with Crippen molar-refractivity contribution in [3.05, 3.63) is 44.6 Å². The molecule has 14 heteroatoms. The monoisotopic (exact) mass is 956 g/mol. The summed E-state index contributed by atoms with van der Waals surface area (Å²) in [5.74, 6) is -3.03. The average molecular weight is 956 g/mol. The van der Waals surface area contributed by atoms with Gasteiger partial charge < -0.3 is 28.4 Å². The van der Waals surface area contributed by atoms with Gasteiger partial charge in [0.2, 0.25) is 0 Å². The Bertz CT molecular complexity index is 1260. The number of unbranched alkanes of at least 4 members (excludes halogenated alkanes) is 20. The predicted octanol–water partition coefficient (Wildman–Crippen LogP) is 8.89. The van der Waals surface area contributed by atoms with E-state index in [0.29, 0.717) is 39.3 Å². The molecule has 0 saturated heterocycles. The van der Waals surface area contributed by atoms with Gasteiger partial charge in [-0.1, -0.05) is 169 Å². The normalized spacial score (nSPS) is 14.4. The molecule has 0 aromatic heterocycles. The minimum Gasteiger partial charge on any atom is -0.488 e. The van der Waals surface area contributed by atoms with Crippen molar-refractivity contribution < 1.29 is 76.0 Å². The quantitative estimate of drug-likeness (QED) is 0.0145. The van der Waals surface area contributed by atoms with Crippen molar-refractivity contribution in [1.29, 1.82) is 0 Å². The molecular formula is C54H94LiNO12-2. The maximum Gasteiger partial charge on any atom is 1.00 e. The molecule has 0 bridgehead atoms. The van der Waals surface area contributed by atoms with E-state index >= 15 is 0 Å². The van der Waals surface area contributed by atoms with Gasteiger partial charge in [-0.2, -0.15) is 0 Å². The van der Waals surface area contributed by atoms with Crippen LogP contribution in [0.25, 0.3) is 0 Å². The molecule has 0 aromatic rings. The number of hydrogen-bond acceptors (Lipinski definition) is 13. The number of nitrogens with zero attached hydrogens (tertiary/aromatic N) is 1. The Morgan fingerprint density at radius 1 is 0.471 bits per heavy atom. The molecular weight excluding hydrogens is 862 g/mol. The molecule has 0 aliphatic heterocycles. The molecule has 0 aromatic carbocycles. The summed E-state index contributed by atoms with van der Waals surface area (Å²) in [5, 5.41) is 0. The van der Waals surface area contributed by atoms with Crippen molar-refractivity contribution in [2.24, 2.45) is 0 Å². The van der Waals surface area contributed by atoms with Gasteiger partial charge in [0.1, 0.15) is 12.2 Å². The van der Waals surface area contributed by atoms with E-state index in [1.807, 2.05) is 13.0 Å². The Labute approximate surface area is 425 Å². The summed E-state index contributed by atoms with van der Waals surface area (Å²) in [6, 6.07) is 0. The summed E-state index contributed by atoms with van der Waals surface area (Å²) < 4.78 is 31.1. The van der Waals surface area contributed by atoms with Crippen LogP contribution >= 0.6 is 0 Å². The second-order valence-electron chi connectivity index (χ2n) is 17.2. The topological polar surface area (TPSA) is 161 Å². The first-order valence-electron chi connectivity index (χ1n) is 25.9. The molecule has 0 radical (unpaired) electrons. The number of hydrogen-bond donors (Lipinski definition) is 0. The summed E-state index contributed by atoms with van der Waals surface area (Å²) in [7, 11) is 0. The number of carbonyl (C=O) groups is 6. The molecule has 2 atom stereocenters. The van der Waals surface area contributed by atoms with Crippen LogP contribution in [-0.2, 0) is 57.2 Å². The maximum absolute atomic E-state index is 13.0. The number of rotatable bonds is 37. The second kappa shape index (κ2) is 51.3. The van der Waals surface area contributed by atoms with E-state index in [9.17, 15) is 28.8 Å². The van der Waals surface area contributed by atoms with Crippen molar-refractivity contribution in [3.8, 4) is 0 Å². The van der Waals surface area contributed by atoms with E-state index in [1.54, 1.807) is 12.2 Å². The van der Waals surface area contributed by atoms with E-state index in [-0.39, 0.29) is 38.5 Å². The number of ether oxygens (including phenoxy) is 6. The minimum atomic E-state index is -0.641. The molecule has 1 aliphatic carbocycles. The van der Waals surface area contributed by atoms with Gasteiger partial charge in [0.15, 0.2) is 17.9 Å². The summed E-state index contributed by atoms with van der Waals surface area (Å²) in [4.78, 5) is 71.4. The average Bonchev–Trinajstić information content (AvgIpc) is 3.27. The molecule has 0 heterocycles. The van der Waals surface area contributed by atoms with Crippen LogP contribution in [0.1, 0.15) is 208 Å². The van der Waals surface area contributed by atoms with E-state index in [0.717, 1.165) is 76.2 Å². The van der Waals surface area contributed by atoms with E-state index in [2.05, 4.69) is 48.5 Å². The molecule has 0 amide bonds. The molecule has 1 rings (SSSR count). The first kappa shape index (κ1) is 68.7. The van der Waals surface area contributed by atoms with E-state index in [1.165, 1.54) is 94.8 Å². The Balaban J connectivity index is -0.00000137. The van der Waals surface area contributed by atoms with E-state index < -0.39 is 48.0 Å². The maximum atomic E-state index is 13.0. The van der Waals surface area contributed by atoms with Crippen LogP contribution in [-0.4, -0.2) is 99.0 Å². The zero-order valence-corrected chi connectivity index (χ0v) is 43.9. The fourth-order valence-electron chi connectivity index (χ4n) is 6.93. The van der Waals surface area contributed by atoms with Gasteiger partial charge in [0, 0.05) is 0 Å². The Morgan fingerprint density at radius 2 is 0.824 bits per heavy atom. The van der Waals surface area contributed by atoms with Crippen molar-refractivity contribution >= 4 is 35.8 Å².